The summed E-state index contributed by atoms with van der Waals surface area (Å²) in [4.78, 5) is 0. The quantitative estimate of drug-likeness (QED) is 0.604. The summed E-state index contributed by atoms with van der Waals surface area (Å²) in [5, 5.41) is 9.53. The molecule has 0 fully saturated rings. The molecule has 0 saturated heterocycles. The molecule has 0 atom stereocenters. The van der Waals surface area contributed by atoms with Crippen LogP contribution in [0.4, 0.5) is 0 Å². The fraction of sp³-hybridized carbons (Fsp3) is 0.636. The Morgan fingerprint density at radius 2 is 1.42 bits per heavy atom. The molecule has 70 valence electrons. The van der Waals surface area contributed by atoms with Crippen LogP contribution >= 0.6 is 0 Å². The summed E-state index contributed by atoms with van der Waals surface area (Å²) in [5.41, 5.74) is 2.23. The second kappa shape index (κ2) is 6.01. The van der Waals surface area contributed by atoms with Gasteiger partial charge in [-0.25, -0.2) is 0 Å². The van der Waals surface area contributed by atoms with Crippen LogP contribution in [0.15, 0.2) is 24.3 Å². The van der Waals surface area contributed by atoms with Gasteiger partial charge in [0, 0.05) is 0 Å². The van der Waals surface area contributed by atoms with Crippen LogP contribution in [0, 0.1) is 0 Å². The van der Waals surface area contributed by atoms with E-state index in [4.69, 9.17) is 0 Å². The van der Waals surface area contributed by atoms with E-state index in [2.05, 4.69) is 27.0 Å². The van der Waals surface area contributed by atoms with E-state index in [-0.39, 0.29) is 6.10 Å². The lowest BCUT2D eigenvalue weighted by Gasteiger charge is -2.11. The van der Waals surface area contributed by atoms with Crippen molar-refractivity contribution in [1.82, 2.24) is 0 Å². The van der Waals surface area contributed by atoms with Gasteiger partial charge in [-0.05, 0) is 25.7 Å². The lowest BCUT2D eigenvalue weighted by Crippen LogP contribution is -2.07. The summed E-state index contributed by atoms with van der Waals surface area (Å²) >= 11 is 0. The lowest BCUT2D eigenvalue weighted by atomic mass is 10.0. The minimum absolute atomic E-state index is 0.273. The topological polar surface area (TPSA) is 20.2 Å². The van der Waals surface area contributed by atoms with Crippen LogP contribution < -0.4 is 0 Å². The van der Waals surface area contributed by atoms with E-state index in [1.54, 1.807) is 0 Å². The molecule has 1 N–H and O–H groups in total. The van der Waals surface area contributed by atoms with Crippen molar-refractivity contribution in [3.63, 3.8) is 0 Å². The third-order valence-electron chi connectivity index (χ3n) is 2.05. The number of aliphatic hydroxyl groups is 1. The standard InChI is InChI=1S/C11H20O/c1-5-9(3)7-11(12)8-10(4)6-2/h11-12H,3-8H2,1-2H3. The smallest absolute Gasteiger partial charge is 0.0614 e. The summed E-state index contributed by atoms with van der Waals surface area (Å²) in [6.07, 6.45) is 3.07. The van der Waals surface area contributed by atoms with Gasteiger partial charge in [-0.2, -0.15) is 0 Å². The molecule has 0 aliphatic carbocycles. The van der Waals surface area contributed by atoms with Gasteiger partial charge in [0.25, 0.3) is 0 Å². The van der Waals surface area contributed by atoms with E-state index in [1.165, 1.54) is 0 Å². The van der Waals surface area contributed by atoms with E-state index in [0.717, 1.165) is 36.8 Å². The molecule has 1 nitrogen and oxygen atoms in total. The molecule has 0 aliphatic heterocycles. The molecule has 0 aromatic carbocycles. The highest BCUT2D eigenvalue weighted by Crippen LogP contribution is 2.14. The van der Waals surface area contributed by atoms with Crippen molar-refractivity contribution in [3.8, 4) is 0 Å². The van der Waals surface area contributed by atoms with Crippen molar-refractivity contribution < 1.29 is 5.11 Å². The minimum Gasteiger partial charge on any atom is -0.392 e. The summed E-state index contributed by atoms with van der Waals surface area (Å²) < 4.78 is 0. The Morgan fingerprint density at radius 1 is 1.08 bits per heavy atom. The Labute approximate surface area is 75.8 Å². The first kappa shape index (κ1) is 11.4. The Hall–Kier alpha value is -0.560. The van der Waals surface area contributed by atoms with Gasteiger partial charge < -0.3 is 5.11 Å². The van der Waals surface area contributed by atoms with Crippen molar-refractivity contribution in [3.05, 3.63) is 24.3 Å². The molecule has 0 heterocycles. The van der Waals surface area contributed by atoms with Gasteiger partial charge in [0.05, 0.1) is 6.10 Å². The van der Waals surface area contributed by atoms with Gasteiger partial charge >= 0.3 is 0 Å². The van der Waals surface area contributed by atoms with E-state index < -0.39 is 0 Å². The number of hydrogen-bond donors (Lipinski definition) is 1. The molecule has 12 heavy (non-hydrogen) atoms. The monoisotopic (exact) mass is 168 g/mol. The van der Waals surface area contributed by atoms with Crippen molar-refractivity contribution in [2.45, 2.75) is 45.6 Å². The second-order valence-electron chi connectivity index (χ2n) is 3.27. The lowest BCUT2D eigenvalue weighted by molar-refractivity contribution is 0.173. The molecular weight excluding hydrogens is 148 g/mol. The minimum atomic E-state index is -0.273. The average Bonchev–Trinajstić information content (AvgIpc) is 2.03. The van der Waals surface area contributed by atoms with Gasteiger partial charge in [-0.1, -0.05) is 38.2 Å². The summed E-state index contributed by atoms with van der Waals surface area (Å²) in [6, 6.07) is 0. The first-order valence-electron chi connectivity index (χ1n) is 4.61. The fourth-order valence-electron chi connectivity index (χ4n) is 1.03. The first-order chi connectivity index (χ1) is 5.60. The summed E-state index contributed by atoms with van der Waals surface area (Å²) in [5.74, 6) is 0. The van der Waals surface area contributed by atoms with Gasteiger partial charge in [0.15, 0.2) is 0 Å². The highest BCUT2D eigenvalue weighted by molar-refractivity contribution is 5.00. The predicted octanol–water partition coefficient (Wildman–Crippen LogP) is 3.06. The van der Waals surface area contributed by atoms with E-state index in [1.807, 2.05) is 0 Å². The van der Waals surface area contributed by atoms with E-state index in [0.29, 0.717) is 0 Å². The van der Waals surface area contributed by atoms with Crippen LogP contribution in [0.25, 0.3) is 0 Å². The summed E-state index contributed by atoms with van der Waals surface area (Å²) in [6.45, 7) is 11.8. The SMILES string of the molecule is C=C(CC)CC(O)CC(=C)CC. The van der Waals surface area contributed by atoms with Gasteiger partial charge in [0.1, 0.15) is 0 Å². The zero-order valence-corrected chi connectivity index (χ0v) is 8.27. The largest absolute Gasteiger partial charge is 0.392 e. The predicted molar refractivity (Wildman–Crippen MR) is 54.1 cm³/mol. The van der Waals surface area contributed by atoms with Gasteiger partial charge in [-0.15, -0.1) is 0 Å². The Balaban J connectivity index is 3.66. The molecule has 0 radical (unpaired) electrons. The molecule has 0 aromatic rings. The molecule has 0 amide bonds. The van der Waals surface area contributed by atoms with Gasteiger partial charge in [-0.3, -0.25) is 0 Å². The van der Waals surface area contributed by atoms with Crippen LogP contribution in [0.1, 0.15) is 39.5 Å². The molecule has 0 saturated carbocycles. The molecule has 0 bridgehead atoms. The molecule has 1 heteroatoms. The number of rotatable bonds is 6. The zero-order chi connectivity index (χ0) is 9.56. The maximum absolute atomic E-state index is 9.53. The second-order valence-corrected chi connectivity index (χ2v) is 3.27. The number of hydrogen-bond acceptors (Lipinski definition) is 1. The summed E-state index contributed by atoms with van der Waals surface area (Å²) in [7, 11) is 0. The van der Waals surface area contributed by atoms with E-state index >= 15 is 0 Å². The normalized spacial score (nSPS) is 10.3. The highest BCUT2D eigenvalue weighted by atomic mass is 16.3. The maximum Gasteiger partial charge on any atom is 0.0614 e. The van der Waals surface area contributed by atoms with Crippen LogP contribution in [0.5, 0.6) is 0 Å². The Morgan fingerprint density at radius 3 is 1.67 bits per heavy atom. The molecular formula is C11H20O. The third kappa shape index (κ3) is 5.14. The van der Waals surface area contributed by atoms with Gasteiger partial charge in [0.2, 0.25) is 0 Å². The molecule has 0 aromatic heterocycles. The fourth-order valence-corrected chi connectivity index (χ4v) is 1.03. The molecule has 0 aliphatic rings. The Bertz CT molecular complexity index is 140. The third-order valence-corrected chi connectivity index (χ3v) is 2.05. The Kier molecular flexibility index (Phi) is 5.73. The molecule has 0 spiro atoms. The van der Waals surface area contributed by atoms with Crippen molar-refractivity contribution in [2.75, 3.05) is 0 Å². The molecule has 0 unspecified atom stereocenters. The van der Waals surface area contributed by atoms with Crippen molar-refractivity contribution in [1.29, 1.82) is 0 Å². The van der Waals surface area contributed by atoms with Crippen LogP contribution in [0.2, 0.25) is 0 Å². The average molecular weight is 168 g/mol. The molecule has 0 rings (SSSR count). The van der Waals surface area contributed by atoms with Crippen molar-refractivity contribution >= 4 is 0 Å². The van der Waals surface area contributed by atoms with E-state index in [9.17, 15) is 5.11 Å². The highest BCUT2D eigenvalue weighted by Gasteiger charge is 2.06. The number of aliphatic hydroxyl groups excluding tert-OH is 1. The zero-order valence-electron chi connectivity index (χ0n) is 8.27. The van der Waals surface area contributed by atoms with Crippen LogP contribution in [0.3, 0.4) is 0 Å². The van der Waals surface area contributed by atoms with Crippen molar-refractivity contribution in [2.24, 2.45) is 0 Å². The maximum atomic E-state index is 9.53. The van der Waals surface area contributed by atoms with Crippen LogP contribution in [-0.4, -0.2) is 11.2 Å². The van der Waals surface area contributed by atoms with Crippen LogP contribution in [-0.2, 0) is 0 Å². The first-order valence-corrected chi connectivity index (χ1v) is 4.61.